The third kappa shape index (κ3) is 53.2. The Morgan fingerprint density at radius 2 is 0.792 bits per heavy atom. The summed E-state index contributed by atoms with van der Waals surface area (Å²) in [6, 6.07) is 0. The second-order valence-corrected chi connectivity index (χ2v) is 19.1. The molecule has 0 radical (unpaired) electrons. The first kappa shape index (κ1) is 67.4. The second-order valence-electron chi connectivity index (χ2n) is 19.1. The van der Waals surface area contributed by atoms with Crippen LogP contribution in [0.15, 0.2) is 134 Å². The predicted octanol–water partition coefficient (Wildman–Crippen LogP) is 14.9. The van der Waals surface area contributed by atoms with Crippen molar-refractivity contribution in [3.8, 4) is 0 Å². The van der Waals surface area contributed by atoms with Gasteiger partial charge in [0.05, 0.1) is 40.3 Å². The van der Waals surface area contributed by atoms with Crippen molar-refractivity contribution >= 4 is 17.9 Å². The first-order valence-electron chi connectivity index (χ1n) is 27.8. The van der Waals surface area contributed by atoms with Crippen molar-refractivity contribution in [2.24, 2.45) is 0 Å². The number of nitrogens with zero attached hydrogens (tertiary/aromatic N) is 1. The Bertz CT molecular complexity index is 1640. The van der Waals surface area contributed by atoms with Crippen LogP contribution in [0.25, 0.3) is 0 Å². The molecule has 0 saturated carbocycles. The van der Waals surface area contributed by atoms with Crippen LogP contribution in [0.5, 0.6) is 0 Å². The SMILES string of the molecule is CC/C=C\C/C=C\C/C=C\C/C=C\C/C=C\C/C=C\C/C=C\C/C=C\C/C=C\C/C=C\C/C=C\CCCCCCCCCC(=O)OC(COC(=O)CCCCCCCC)COC(OCC[N+](C)(C)C)C(=O)[O-]. The number of carbonyl (C=O) groups is 3. The van der Waals surface area contributed by atoms with E-state index >= 15 is 0 Å². The molecule has 72 heavy (non-hydrogen) atoms. The van der Waals surface area contributed by atoms with Gasteiger partial charge in [0, 0.05) is 12.8 Å². The quantitative estimate of drug-likeness (QED) is 0.0195. The summed E-state index contributed by atoms with van der Waals surface area (Å²) < 4.78 is 22.4. The molecule has 9 nitrogen and oxygen atoms in total. The number of allylic oxidation sites excluding steroid dienone is 22. The summed E-state index contributed by atoms with van der Waals surface area (Å²) in [6.07, 6.45) is 72.7. The zero-order valence-corrected chi connectivity index (χ0v) is 46.0. The van der Waals surface area contributed by atoms with Crippen molar-refractivity contribution in [2.45, 2.75) is 200 Å². The van der Waals surface area contributed by atoms with E-state index in [4.69, 9.17) is 18.9 Å². The fraction of sp³-hybridized carbons (Fsp3) is 0.603. The number of quaternary nitrogens is 1. The number of likely N-dealkylation sites (N-methyl/N-ethyl adjacent to an activating group) is 1. The van der Waals surface area contributed by atoms with Gasteiger partial charge in [0.1, 0.15) is 13.2 Å². The van der Waals surface area contributed by atoms with Crippen LogP contribution in [0.2, 0.25) is 0 Å². The van der Waals surface area contributed by atoms with E-state index in [1.165, 1.54) is 25.7 Å². The lowest BCUT2D eigenvalue weighted by molar-refractivity contribution is -0.870. The smallest absolute Gasteiger partial charge is 0.306 e. The lowest BCUT2D eigenvalue weighted by Crippen LogP contribution is -2.44. The Morgan fingerprint density at radius 1 is 0.431 bits per heavy atom. The summed E-state index contributed by atoms with van der Waals surface area (Å²) in [6.45, 7) is 4.51. The molecule has 2 atom stereocenters. The minimum Gasteiger partial charge on any atom is -0.545 e. The summed E-state index contributed by atoms with van der Waals surface area (Å²) in [5.41, 5.74) is 0. The molecule has 0 aromatic rings. The van der Waals surface area contributed by atoms with Crippen molar-refractivity contribution < 1.29 is 42.9 Å². The topological polar surface area (TPSA) is 111 Å². The van der Waals surface area contributed by atoms with Gasteiger partial charge in [0.15, 0.2) is 12.4 Å². The number of esters is 2. The zero-order valence-electron chi connectivity index (χ0n) is 46.0. The van der Waals surface area contributed by atoms with E-state index in [0.717, 1.165) is 128 Å². The number of rotatable bonds is 49. The van der Waals surface area contributed by atoms with Crippen LogP contribution >= 0.6 is 0 Å². The minimum atomic E-state index is -1.63. The van der Waals surface area contributed by atoms with Gasteiger partial charge in [-0.2, -0.15) is 0 Å². The third-order valence-corrected chi connectivity index (χ3v) is 11.2. The monoisotopic (exact) mass is 1000 g/mol. The Labute approximate surface area is 439 Å². The van der Waals surface area contributed by atoms with E-state index in [1.807, 2.05) is 21.1 Å². The number of carboxylic acid groups (broad SMARTS) is 1. The maximum atomic E-state index is 12.7. The molecule has 0 heterocycles. The van der Waals surface area contributed by atoms with Gasteiger partial charge in [0.2, 0.25) is 0 Å². The highest BCUT2D eigenvalue weighted by Crippen LogP contribution is 2.13. The van der Waals surface area contributed by atoms with Gasteiger partial charge in [-0.3, -0.25) is 9.59 Å². The van der Waals surface area contributed by atoms with Gasteiger partial charge in [0.25, 0.3) is 0 Å². The molecule has 0 saturated heterocycles. The average molecular weight is 1000 g/mol. The largest absolute Gasteiger partial charge is 0.545 e. The lowest BCUT2D eigenvalue weighted by atomic mass is 10.1. The number of unbranched alkanes of at least 4 members (excludes halogenated alkanes) is 12. The summed E-state index contributed by atoms with van der Waals surface area (Å²) in [5.74, 6) is -2.33. The number of hydrogen-bond donors (Lipinski definition) is 0. The molecule has 0 bridgehead atoms. The maximum Gasteiger partial charge on any atom is 0.306 e. The van der Waals surface area contributed by atoms with Crippen LogP contribution in [0, 0.1) is 0 Å². The molecular weight excluding hydrogens is 899 g/mol. The molecule has 0 aliphatic rings. The Balaban J connectivity index is 4.07. The molecule has 0 amide bonds. The Kier molecular flexibility index (Phi) is 49.4. The molecule has 2 unspecified atom stereocenters. The minimum absolute atomic E-state index is 0.140. The number of aliphatic carboxylic acids is 1. The summed E-state index contributed by atoms with van der Waals surface area (Å²) in [7, 11) is 5.89. The summed E-state index contributed by atoms with van der Waals surface area (Å²) >= 11 is 0. The fourth-order valence-corrected chi connectivity index (χ4v) is 6.89. The molecule has 0 aromatic carbocycles. The zero-order chi connectivity index (χ0) is 52.7. The molecule has 0 rings (SSSR count). The van der Waals surface area contributed by atoms with E-state index in [-0.39, 0.29) is 38.6 Å². The van der Waals surface area contributed by atoms with Gasteiger partial charge in [-0.15, -0.1) is 0 Å². The van der Waals surface area contributed by atoms with Crippen molar-refractivity contribution in [3.05, 3.63) is 134 Å². The molecule has 0 fully saturated rings. The van der Waals surface area contributed by atoms with E-state index in [2.05, 4.69) is 148 Å². The van der Waals surface area contributed by atoms with E-state index < -0.39 is 24.3 Å². The van der Waals surface area contributed by atoms with Crippen LogP contribution in [0.3, 0.4) is 0 Å². The predicted molar refractivity (Wildman–Crippen MR) is 301 cm³/mol. The average Bonchev–Trinajstić information content (AvgIpc) is 3.35. The number of carbonyl (C=O) groups excluding carboxylic acids is 3. The highest BCUT2D eigenvalue weighted by atomic mass is 16.7. The third-order valence-electron chi connectivity index (χ3n) is 11.2. The summed E-state index contributed by atoms with van der Waals surface area (Å²) in [4.78, 5) is 36.8. The lowest BCUT2D eigenvalue weighted by Gasteiger charge is -2.26. The van der Waals surface area contributed by atoms with E-state index in [0.29, 0.717) is 17.4 Å². The van der Waals surface area contributed by atoms with Gasteiger partial charge in [-0.25, -0.2) is 0 Å². The number of ether oxygens (including phenoxy) is 4. The number of hydrogen-bond acceptors (Lipinski definition) is 8. The van der Waals surface area contributed by atoms with Crippen LogP contribution < -0.4 is 5.11 Å². The van der Waals surface area contributed by atoms with Crippen LogP contribution in [-0.2, 0) is 33.3 Å². The Hall–Kier alpha value is -4.57. The molecule has 9 heteroatoms. The molecule has 0 N–H and O–H groups in total. The second kappa shape index (κ2) is 52.7. The molecule has 406 valence electrons. The highest BCUT2D eigenvalue weighted by Gasteiger charge is 2.22. The fourth-order valence-electron chi connectivity index (χ4n) is 6.89. The standard InChI is InChI=1S/C63H101NO8/c1-6-8-10-12-14-15-16-17-18-19-20-21-22-23-24-25-26-27-28-29-30-31-32-33-34-35-36-37-38-39-40-41-42-43-44-45-46-47-48-50-52-54-61(66)72-59(57-70-60(65)53-51-49-13-11-9-7-2)58-71-63(62(67)68)69-56-55-64(3,4)5/h8,10,14-15,17-18,20-21,23-24,26-27,29-30,32-33,35-36,38-39,41-42,59,63H,6-7,9,11-13,16,19,22,25,28,31,34,37,40,43-58H2,1-5H3/b10-8-,15-14-,18-17-,21-20-,24-23-,27-26-,30-29-,33-32-,36-35-,39-38-,42-41-. The van der Waals surface area contributed by atoms with Crippen molar-refractivity contribution in [1.29, 1.82) is 0 Å². The maximum absolute atomic E-state index is 12.7. The first-order valence-corrected chi connectivity index (χ1v) is 27.8. The summed E-state index contributed by atoms with van der Waals surface area (Å²) in [5, 5.41) is 11.7. The van der Waals surface area contributed by atoms with E-state index in [9.17, 15) is 19.5 Å². The molecule has 0 spiro atoms. The van der Waals surface area contributed by atoms with Crippen LogP contribution in [0.1, 0.15) is 187 Å². The van der Waals surface area contributed by atoms with E-state index in [1.54, 1.807) is 0 Å². The van der Waals surface area contributed by atoms with Crippen LogP contribution in [-0.4, -0.2) is 82.3 Å². The van der Waals surface area contributed by atoms with Gasteiger partial charge in [-0.05, 0) is 96.3 Å². The Morgan fingerprint density at radius 3 is 1.18 bits per heavy atom. The van der Waals surface area contributed by atoms with Gasteiger partial charge >= 0.3 is 11.9 Å². The first-order chi connectivity index (χ1) is 35.1. The highest BCUT2D eigenvalue weighted by molar-refractivity contribution is 5.70. The molecule has 0 aromatic heterocycles. The van der Waals surface area contributed by atoms with Crippen molar-refractivity contribution in [2.75, 3.05) is 47.5 Å². The molecule has 0 aliphatic heterocycles. The van der Waals surface area contributed by atoms with Crippen molar-refractivity contribution in [3.63, 3.8) is 0 Å². The molecule has 0 aliphatic carbocycles. The van der Waals surface area contributed by atoms with Crippen molar-refractivity contribution in [1.82, 2.24) is 0 Å². The van der Waals surface area contributed by atoms with Crippen LogP contribution in [0.4, 0.5) is 0 Å². The number of carboxylic acids is 1. The molecular formula is C63H101NO8. The van der Waals surface area contributed by atoms with Gasteiger partial charge in [-0.1, -0.05) is 212 Å². The normalized spacial score (nSPS) is 13.8. The van der Waals surface area contributed by atoms with Gasteiger partial charge < -0.3 is 33.3 Å².